The van der Waals surface area contributed by atoms with Gasteiger partial charge < -0.3 is 20.8 Å². The van der Waals surface area contributed by atoms with Crippen molar-refractivity contribution in [1.82, 2.24) is 19.9 Å². The molecule has 2 saturated carbocycles. The van der Waals surface area contributed by atoms with Crippen LogP contribution in [0.4, 0.5) is 49.6 Å². The normalized spacial score (nSPS) is 18.3. The molecule has 6 aromatic rings. The van der Waals surface area contributed by atoms with Crippen LogP contribution in [0.5, 0.6) is 0 Å². The smallest absolute Gasteiger partial charge is 0.418 e. The Hall–Kier alpha value is -7.34. The number of nitrogens with one attached hydrogen (secondary N) is 4. The SMILES string of the molecule is Cc1ccccc1-c1nc(NS(=O)(=O)c2cccc(N[C@@H]3CCC[C@H](C(=O)O)C3)n2)ccc1C(F)(F)F.Cc1ccccc1-c1nc(NS(=O)(=O)c2cccc(N[C@H]3CCCC(C(=O)O)C3)n2)ccc1C(F)(F)F. The van der Waals surface area contributed by atoms with Gasteiger partial charge >= 0.3 is 24.3 Å². The van der Waals surface area contributed by atoms with Crippen molar-refractivity contribution in [3.8, 4) is 22.5 Å². The second kappa shape index (κ2) is 22.4. The minimum Gasteiger partial charge on any atom is -0.481 e. The molecule has 6 N–H and O–H groups in total. The van der Waals surface area contributed by atoms with Crippen LogP contribution < -0.4 is 20.1 Å². The molecule has 0 bridgehead atoms. The van der Waals surface area contributed by atoms with Gasteiger partial charge in [0.25, 0.3) is 20.0 Å². The summed E-state index contributed by atoms with van der Waals surface area (Å²) in [6, 6.07) is 24.5. The third-order valence-corrected chi connectivity index (χ3v) is 14.9. The summed E-state index contributed by atoms with van der Waals surface area (Å²) in [4.78, 5) is 38.9. The highest BCUT2D eigenvalue weighted by molar-refractivity contribution is 7.93. The van der Waals surface area contributed by atoms with Crippen LogP contribution >= 0.6 is 0 Å². The molecule has 4 atom stereocenters. The summed E-state index contributed by atoms with van der Waals surface area (Å²) in [5.41, 5.74) is -1.19. The van der Waals surface area contributed by atoms with Crippen molar-refractivity contribution in [2.45, 2.75) is 99.7 Å². The van der Waals surface area contributed by atoms with Crippen molar-refractivity contribution in [2.75, 3.05) is 20.1 Å². The van der Waals surface area contributed by atoms with Crippen molar-refractivity contribution < 1.29 is 63.0 Å². The van der Waals surface area contributed by atoms with E-state index in [4.69, 9.17) is 0 Å². The number of carbonyl (C=O) groups is 2. The molecule has 2 aliphatic carbocycles. The maximum absolute atomic E-state index is 13.7. The van der Waals surface area contributed by atoms with E-state index in [1.165, 1.54) is 36.4 Å². The summed E-state index contributed by atoms with van der Waals surface area (Å²) in [6.45, 7) is 3.28. The zero-order valence-corrected chi connectivity index (χ0v) is 41.2. The number of anilines is 4. The highest BCUT2D eigenvalue weighted by Crippen LogP contribution is 2.40. The monoisotopic (exact) mass is 1070 g/mol. The van der Waals surface area contributed by atoms with Crippen LogP contribution in [-0.4, -0.2) is 71.0 Å². The molecule has 0 aliphatic heterocycles. The number of hydrogen-bond donors (Lipinski definition) is 6. The predicted octanol–water partition coefficient (Wildman–Crippen LogP) is 10.7. The number of alkyl halides is 6. The van der Waals surface area contributed by atoms with E-state index in [0.29, 0.717) is 36.8 Å². The van der Waals surface area contributed by atoms with Crippen LogP contribution in [0, 0.1) is 25.7 Å². The molecule has 2 aromatic carbocycles. The standard InChI is InChI=1S/2C25H25F3N4O4S/c2*1-15-6-2-3-9-18(15)23-19(25(26,27)28)12-13-21(31-23)32-37(35,36)22-11-5-10-20(30-22)29-17-8-4-7-16(14-17)24(33)34/h2*2-3,5-6,9-13,16-17H,4,7-8,14H2,1H3,(H,29,30)(H,31,32)(H,33,34)/t16?,17-;16-,17+/m00/s1. The number of pyridine rings is 4. The molecule has 4 aromatic heterocycles. The summed E-state index contributed by atoms with van der Waals surface area (Å²) >= 11 is 0. The van der Waals surface area contributed by atoms with Crippen molar-refractivity contribution >= 4 is 55.3 Å². The van der Waals surface area contributed by atoms with Gasteiger partial charge in [-0.3, -0.25) is 19.0 Å². The fourth-order valence-electron chi connectivity index (χ4n) is 8.76. The van der Waals surface area contributed by atoms with Crippen molar-refractivity contribution in [1.29, 1.82) is 0 Å². The van der Waals surface area contributed by atoms with Gasteiger partial charge in [0.15, 0.2) is 10.1 Å². The number of carboxylic acid groups (broad SMARTS) is 2. The molecule has 4 heterocycles. The van der Waals surface area contributed by atoms with Crippen LogP contribution in [0.3, 0.4) is 0 Å². The first kappa shape index (κ1) is 54.4. The van der Waals surface area contributed by atoms with E-state index in [9.17, 15) is 63.0 Å². The molecule has 2 fully saturated rings. The zero-order valence-electron chi connectivity index (χ0n) is 39.6. The largest absolute Gasteiger partial charge is 0.481 e. The number of hydrogen-bond acceptors (Lipinski definition) is 12. The van der Waals surface area contributed by atoms with Gasteiger partial charge in [-0.2, -0.15) is 43.2 Å². The third-order valence-electron chi connectivity index (χ3n) is 12.4. The highest BCUT2D eigenvalue weighted by atomic mass is 32.2. The fourth-order valence-corrected chi connectivity index (χ4v) is 10.7. The third kappa shape index (κ3) is 13.6. The van der Waals surface area contributed by atoms with Gasteiger partial charge in [0.05, 0.1) is 34.4 Å². The van der Waals surface area contributed by atoms with Gasteiger partial charge in [-0.15, -0.1) is 0 Å². The molecule has 0 spiro atoms. The Kier molecular flexibility index (Phi) is 16.5. The van der Waals surface area contributed by atoms with Crippen LogP contribution in [0.25, 0.3) is 22.5 Å². The molecular weight excluding hydrogens is 1020 g/mol. The average molecular weight is 1070 g/mol. The van der Waals surface area contributed by atoms with Gasteiger partial charge in [-0.05, 0) is 112 Å². The number of halogens is 6. The van der Waals surface area contributed by atoms with Crippen LogP contribution in [-0.2, 0) is 42.0 Å². The maximum atomic E-state index is 13.7. The number of nitrogens with zero attached hydrogens (tertiary/aromatic N) is 4. The topological polar surface area (TPSA) is 243 Å². The number of aromatic nitrogens is 4. The quantitative estimate of drug-likeness (QED) is 0.0556. The van der Waals surface area contributed by atoms with Crippen molar-refractivity contribution in [3.63, 3.8) is 0 Å². The zero-order chi connectivity index (χ0) is 53.6. The van der Waals surface area contributed by atoms with E-state index >= 15 is 0 Å². The van der Waals surface area contributed by atoms with Crippen molar-refractivity contribution in [2.24, 2.45) is 11.8 Å². The number of sulfonamides is 2. The maximum Gasteiger partial charge on any atom is 0.418 e. The lowest BCUT2D eigenvalue weighted by atomic mass is 9.86. The predicted molar refractivity (Wildman–Crippen MR) is 263 cm³/mol. The summed E-state index contributed by atoms with van der Waals surface area (Å²) < 4.78 is 139. The Morgan fingerprint density at radius 1 is 0.500 bits per heavy atom. The number of benzene rings is 2. The molecular formula is C50H50F6N8O8S2. The Morgan fingerprint density at radius 3 is 1.23 bits per heavy atom. The minimum atomic E-state index is -4.69. The van der Waals surface area contributed by atoms with Gasteiger partial charge in [0, 0.05) is 23.2 Å². The first-order valence-corrected chi connectivity index (χ1v) is 26.1. The Morgan fingerprint density at radius 2 is 0.878 bits per heavy atom. The molecule has 392 valence electrons. The molecule has 24 heteroatoms. The number of aliphatic carboxylic acids is 2. The van der Waals surface area contributed by atoms with Gasteiger partial charge in [0.1, 0.15) is 23.3 Å². The van der Waals surface area contributed by atoms with E-state index < -0.39 is 67.3 Å². The average Bonchev–Trinajstić information content (AvgIpc) is 3.34. The number of carboxylic acids is 2. The molecule has 16 nitrogen and oxygen atoms in total. The molecule has 74 heavy (non-hydrogen) atoms. The molecule has 0 amide bonds. The first-order chi connectivity index (χ1) is 34.9. The fraction of sp³-hybridized carbons (Fsp3) is 0.320. The van der Waals surface area contributed by atoms with Crippen LogP contribution in [0.15, 0.2) is 119 Å². The summed E-state index contributed by atoms with van der Waals surface area (Å²) in [6.07, 6.45) is -4.55. The number of rotatable bonds is 14. The van der Waals surface area contributed by atoms with E-state index in [0.717, 1.165) is 49.9 Å². The Labute approximate surface area is 422 Å². The van der Waals surface area contributed by atoms with E-state index in [-0.39, 0.29) is 67.9 Å². The molecule has 0 radical (unpaired) electrons. The summed E-state index contributed by atoms with van der Waals surface area (Å²) in [5.74, 6) is -2.77. The summed E-state index contributed by atoms with van der Waals surface area (Å²) in [5, 5.41) is 24.0. The Bertz CT molecular complexity index is 3040. The molecule has 8 rings (SSSR count). The van der Waals surface area contributed by atoms with E-state index in [1.54, 1.807) is 62.4 Å². The van der Waals surface area contributed by atoms with Crippen LogP contribution in [0.2, 0.25) is 0 Å². The molecule has 2 aliphatic rings. The molecule has 1 unspecified atom stereocenters. The Balaban J connectivity index is 0.000000216. The van der Waals surface area contributed by atoms with Crippen molar-refractivity contribution in [3.05, 3.63) is 131 Å². The lowest BCUT2D eigenvalue weighted by molar-refractivity contribution is -0.143. The second-order valence-corrected chi connectivity index (χ2v) is 21.1. The lowest BCUT2D eigenvalue weighted by Crippen LogP contribution is -2.31. The number of aryl methyl sites for hydroxylation is 2. The minimum absolute atomic E-state index is 0.179. The summed E-state index contributed by atoms with van der Waals surface area (Å²) in [7, 11) is -8.59. The van der Waals surface area contributed by atoms with E-state index in [2.05, 4.69) is 40.0 Å². The van der Waals surface area contributed by atoms with Gasteiger partial charge in [-0.1, -0.05) is 73.5 Å². The van der Waals surface area contributed by atoms with Gasteiger partial charge in [0.2, 0.25) is 0 Å². The lowest BCUT2D eigenvalue weighted by Gasteiger charge is -2.27. The van der Waals surface area contributed by atoms with E-state index in [1.807, 2.05) is 0 Å². The second-order valence-electron chi connectivity index (χ2n) is 17.8. The highest BCUT2D eigenvalue weighted by Gasteiger charge is 2.37. The first-order valence-electron chi connectivity index (χ1n) is 23.1. The van der Waals surface area contributed by atoms with Crippen LogP contribution in [0.1, 0.15) is 73.6 Å². The molecule has 0 saturated heterocycles. The van der Waals surface area contributed by atoms with Gasteiger partial charge in [-0.25, -0.2) is 19.9 Å².